The average Bonchev–Trinajstić information content (AvgIpc) is 2.46. The number of carboxylic acids is 1. The summed E-state index contributed by atoms with van der Waals surface area (Å²) >= 11 is 0. The number of hydrogen-bond donors (Lipinski definition) is 4. The summed E-state index contributed by atoms with van der Waals surface area (Å²) < 4.78 is 0. The number of aliphatic carboxylic acids is 1. The number of carboxylic acid groups (broad SMARTS) is 1. The maximum Gasteiger partial charge on any atom is 0.303 e. The number of carbonyl (C=O) groups excluding carboxylic acids is 1. The van der Waals surface area contributed by atoms with Gasteiger partial charge in [-0.15, -0.1) is 37.2 Å². The lowest BCUT2D eigenvalue weighted by Crippen LogP contribution is -2.34. The smallest absolute Gasteiger partial charge is 0.303 e. The Bertz CT molecular complexity index is 300. The molecule has 0 aliphatic heterocycles. The fourth-order valence-corrected chi connectivity index (χ4v) is 1.92. The van der Waals surface area contributed by atoms with E-state index >= 15 is 0 Å². The first-order chi connectivity index (χ1) is 10.1. The molecule has 7 nitrogen and oxygen atoms in total. The van der Waals surface area contributed by atoms with Crippen molar-refractivity contribution in [3.8, 4) is 0 Å². The molecule has 0 saturated heterocycles. The third-order valence-corrected chi connectivity index (χ3v) is 3.13. The van der Waals surface area contributed by atoms with Gasteiger partial charge in [0.2, 0.25) is 5.91 Å². The molecular weight excluding hydrogens is 379 g/mol. The number of halogens is 3. The predicted octanol–water partition coefficient (Wildman–Crippen LogP) is 1.01. The summed E-state index contributed by atoms with van der Waals surface area (Å²) in [5, 5.41) is 11.9. The Kier molecular flexibility index (Phi) is 29.7. The summed E-state index contributed by atoms with van der Waals surface area (Å²) in [4.78, 5) is 24.2. The molecule has 0 rings (SSSR count). The number of nitrogens with zero attached hydrogens (tertiary/aromatic N) is 1. The molecule has 0 unspecified atom stereocenters. The van der Waals surface area contributed by atoms with E-state index in [9.17, 15) is 9.59 Å². The maximum absolute atomic E-state index is 12.0. The average molecular weight is 412 g/mol. The van der Waals surface area contributed by atoms with Crippen LogP contribution in [0.15, 0.2) is 0 Å². The number of hydrogen-bond acceptors (Lipinski definition) is 5. The third kappa shape index (κ3) is 19.7. The van der Waals surface area contributed by atoms with E-state index < -0.39 is 5.97 Å². The van der Waals surface area contributed by atoms with E-state index in [-0.39, 0.29) is 56.0 Å². The summed E-state index contributed by atoms with van der Waals surface area (Å²) in [5.41, 5.74) is 10.9. The van der Waals surface area contributed by atoms with Crippen molar-refractivity contribution in [3.05, 3.63) is 0 Å². The molecule has 0 aliphatic carbocycles. The van der Waals surface area contributed by atoms with Crippen LogP contribution in [0.5, 0.6) is 0 Å². The van der Waals surface area contributed by atoms with Gasteiger partial charge in [0, 0.05) is 19.5 Å². The Morgan fingerprint density at radius 1 is 0.833 bits per heavy atom. The van der Waals surface area contributed by atoms with Crippen molar-refractivity contribution in [2.45, 2.75) is 38.5 Å². The van der Waals surface area contributed by atoms with Crippen LogP contribution in [0.3, 0.4) is 0 Å². The van der Waals surface area contributed by atoms with Crippen LogP contribution in [-0.4, -0.2) is 61.2 Å². The second-order valence-electron chi connectivity index (χ2n) is 5.02. The molecule has 0 aliphatic rings. The molecular formula is C14H33Cl3N4O3. The summed E-state index contributed by atoms with van der Waals surface area (Å²) in [6.45, 7) is 4.33. The Morgan fingerprint density at radius 3 is 1.92 bits per heavy atom. The van der Waals surface area contributed by atoms with Crippen molar-refractivity contribution in [1.29, 1.82) is 0 Å². The molecule has 0 aromatic carbocycles. The largest absolute Gasteiger partial charge is 0.481 e. The number of nitrogens with one attached hydrogen (secondary N) is 1. The van der Waals surface area contributed by atoms with Crippen molar-refractivity contribution in [3.63, 3.8) is 0 Å². The van der Waals surface area contributed by atoms with Crippen LogP contribution in [0.25, 0.3) is 0 Å². The molecule has 10 heteroatoms. The molecule has 1 amide bonds. The number of amides is 1. The standard InChI is InChI=1S/C14H30N4O3.3ClH/c15-7-3-10-17-9-1-2-11-18(12-4-8-16)13(19)5-6-14(20)21;;;/h17H,1-12,15-16H2,(H,20,21);3*1H. The van der Waals surface area contributed by atoms with Gasteiger partial charge in [-0.2, -0.15) is 0 Å². The SMILES string of the molecule is Cl.Cl.Cl.NCCCNCCCCN(CCCN)C(=O)CCC(=O)O. The Morgan fingerprint density at radius 2 is 1.38 bits per heavy atom. The van der Waals surface area contributed by atoms with Gasteiger partial charge in [0.15, 0.2) is 0 Å². The molecule has 24 heavy (non-hydrogen) atoms. The van der Waals surface area contributed by atoms with E-state index in [1.807, 2.05) is 0 Å². The van der Waals surface area contributed by atoms with Gasteiger partial charge in [0.05, 0.1) is 6.42 Å². The Labute approximate surface area is 163 Å². The zero-order valence-electron chi connectivity index (χ0n) is 14.1. The number of unbranched alkanes of at least 4 members (excludes halogenated alkanes) is 1. The van der Waals surface area contributed by atoms with Gasteiger partial charge in [0.25, 0.3) is 0 Å². The summed E-state index contributed by atoms with van der Waals surface area (Å²) in [7, 11) is 0. The number of carbonyl (C=O) groups is 2. The van der Waals surface area contributed by atoms with Gasteiger partial charge in [-0.05, 0) is 51.9 Å². The van der Waals surface area contributed by atoms with Crippen molar-refractivity contribution in [2.75, 3.05) is 39.3 Å². The second-order valence-corrected chi connectivity index (χ2v) is 5.02. The molecule has 0 fully saturated rings. The van der Waals surface area contributed by atoms with Crippen LogP contribution in [0.1, 0.15) is 38.5 Å². The lowest BCUT2D eigenvalue weighted by molar-refractivity contribution is -0.141. The minimum absolute atomic E-state index is 0. The van der Waals surface area contributed by atoms with Crippen LogP contribution in [0.2, 0.25) is 0 Å². The van der Waals surface area contributed by atoms with Crippen molar-refractivity contribution in [2.24, 2.45) is 11.5 Å². The molecule has 0 saturated carbocycles. The monoisotopic (exact) mass is 410 g/mol. The molecule has 0 spiro atoms. The Hall–Kier alpha value is -0.310. The first-order valence-electron chi connectivity index (χ1n) is 7.72. The summed E-state index contributed by atoms with van der Waals surface area (Å²) in [6, 6.07) is 0. The zero-order chi connectivity index (χ0) is 15.9. The number of nitrogens with two attached hydrogens (primary N) is 2. The van der Waals surface area contributed by atoms with E-state index in [0.717, 1.165) is 38.8 Å². The zero-order valence-corrected chi connectivity index (χ0v) is 16.5. The van der Waals surface area contributed by atoms with E-state index in [0.29, 0.717) is 26.2 Å². The highest BCUT2D eigenvalue weighted by Crippen LogP contribution is 2.02. The lowest BCUT2D eigenvalue weighted by Gasteiger charge is -2.22. The van der Waals surface area contributed by atoms with Gasteiger partial charge < -0.3 is 26.8 Å². The van der Waals surface area contributed by atoms with Gasteiger partial charge in [-0.25, -0.2) is 0 Å². The highest BCUT2D eigenvalue weighted by atomic mass is 35.5. The molecule has 148 valence electrons. The minimum atomic E-state index is -0.939. The number of rotatable bonds is 14. The van der Waals surface area contributed by atoms with Crippen LogP contribution in [0.4, 0.5) is 0 Å². The van der Waals surface area contributed by atoms with Crippen LogP contribution < -0.4 is 16.8 Å². The van der Waals surface area contributed by atoms with E-state index in [4.69, 9.17) is 16.6 Å². The van der Waals surface area contributed by atoms with E-state index in [2.05, 4.69) is 5.32 Å². The van der Waals surface area contributed by atoms with E-state index in [1.54, 1.807) is 4.90 Å². The topological polar surface area (TPSA) is 122 Å². The maximum atomic E-state index is 12.0. The first kappa shape index (κ1) is 31.5. The summed E-state index contributed by atoms with van der Waals surface area (Å²) in [6.07, 6.45) is 3.55. The normalized spacial score (nSPS) is 9.25. The molecule has 0 aromatic rings. The Balaban J connectivity index is -0.000000667. The summed E-state index contributed by atoms with van der Waals surface area (Å²) in [5.74, 6) is -1.03. The fraction of sp³-hybridized carbons (Fsp3) is 0.857. The molecule has 0 heterocycles. The fourth-order valence-electron chi connectivity index (χ4n) is 1.92. The molecule has 0 aromatic heterocycles. The van der Waals surface area contributed by atoms with Crippen LogP contribution in [0, 0.1) is 0 Å². The van der Waals surface area contributed by atoms with Gasteiger partial charge in [0.1, 0.15) is 0 Å². The second kappa shape index (κ2) is 22.7. The highest BCUT2D eigenvalue weighted by Gasteiger charge is 2.13. The lowest BCUT2D eigenvalue weighted by atomic mass is 10.2. The predicted molar refractivity (Wildman–Crippen MR) is 105 cm³/mol. The highest BCUT2D eigenvalue weighted by molar-refractivity contribution is 5.86. The third-order valence-electron chi connectivity index (χ3n) is 3.13. The molecule has 0 bridgehead atoms. The molecule has 0 atom stereocenters. The quantitative estimate of drug-likeness (QED) is 0.316. The first-order valence-corrected chi connectivity index (χ1v) is 7.72. The van der Waals surface area contributed by atoms with Crippen molar-refractivity contribution < 1.29 is 14.7 Å². The minimum Gasteiger partial charge on any atom is -0.481 e. The van der Waals surface area contributed by atoms with Crippen molar-refractivity contribution >= 4 is 49.1 Å². The van der Waals surface area contributed by atoms with Crippen molar-refractivity contribution in [1.82, 2.24) is 10.2 Å². The van der Waals surface area contributed by atoms with E-state index in [1.165, 1.54) is 0 Å². The van der Waals surface area contributed by atoms with Crippen LogP contribution >= 0.6 is 37.2 Å². The van der Waals surface area contributed by atoms with Crippen LogP contribution in [-0.2, 0) is 9.59 Å². The van der Waals surface area contributed by atoms with Gasteiger partial charge >= 0.3 is 5.97 Å². The van der Waals surface area contributed by atoms with Gasteiger partial charge in [-0.3, -0.25) is 9.59 Å². The van der Waals surface area contributed by atoms with Gasteiger partial charge in [-0.1, -0.05) is 0 Å². The molecule has 0 radical (unpaired) electrons. The molecule has 6 N–H and O–H groups in total.